The van der Waals surface area contributed by atoms with Crippen molar-refractivity contribution in [3.05, 3.63) is 57.5 Å². The molecule has 0 fully saturated rings. The Bertz CT molecular complexity index is 919. The van der Waals surface area contributed by atoms with Gasteiger partial charge in [0.1, 0.15) is 17.7 Å². The van der Waals surface area contributed by atoms with Crippen molar-refractivity contribution in [2.75, 3.05) is 0 Å². The van der Waals surface area contributed by atoms with Crippen LogP contribution in [-0.4, -0.2) is 27.2 Å². The Hall–Kier alpha value is -2.89. The quantitative estimate of drug-likeness (QED) is 0.850. The van der Waals surface area contributed by atoms with E-state index in [2.05, 4.69) is 0 Å². The van der Waals surface area contributed by atoms with E-state index in [0.29, 0.717) is 5.56 Å². The average Bonchev–Trinajstić information content (AvgIpc) is 2.47. The Labute approximate surface area is 152 Å². The van der Waals surface area contributed by atoms with E-state index in [4.69, 9.17) is 4.74 Å². The standard InChI is InChI=1S/C20H23NO5/c1-12-6-7-15(13(2)8-12)14-9-16(19(24)25)18(23)21(10-14)11-17(22)26-20(3,4)5/h6-10H,11H2,1-5H3,(H,24,25). The lowest BCUT2D eigenvalue weighted by atomic mass is 9.99. The Morgan fingerprint density at radius 2 is 1.81 bits per heavy atom. The number of hydrogen-bond donors (Lipinski definition) is 1. The third-order valence-electron chi connectivity index (χ3n) is 3.73. The van der Waals surface area contributed by atoms with E-state index in [1.807, 2.05) is 32.0 Å². The SMILES string of the molecule is Cc1ccc(-c2cc(C(=O)O)c(=O)n(CC(=O)OC(C)(C)C)c2)c(C)c1. The van der Waals surface area contributed by atoms with Crippen molar-refractivity contribution in [2.24, 2.45) is 0 Å². The van der Waals surface area contributed by atoms with Crippen LogP contribution in [0.1, 0.15) is 42.3 Å². The van der Waals surface area contributed by atoms with Crippen molar-refractivity contribution in [3.8, 4) is 11.1 Å². The van der Waals surface area contributed by atoms with E-state index in [9.17, 15) is 19.5 Å². The molecule has 0 atom stereocenters. The smallest absolute Gasteiger partial charge is 0.341 e. The first-order valence-electron chi connectivity index (χ1n) is 8.25. The summed E-state index contributed by atoms with van der Waals surface area (Å²) in [5.74, 6) is -1.94. The maximum atomic E-state index is 12.4. The van der Waals surface area contributed by atoms with Gasteiger partial charge >= 0.3 is 11.9 Å². The maximum Gasteiger partial charge on any atom is 0.341 e. The summed E-state index contributed by atoms with van der Waals surface area (Å²) in [5.41, 5.74) is 1.57. The zero-order valence-corrected chi connectivity index (χ0v) is 15.6. The van der Waals surface area contributed by atoms with Gasteiger partial charge in [0.05, 0.1) is 0 Å². The molecule has 6 heteroatoms. The Morgan fingerprint density at radius 3 is 2.35 bits per heavy atom. The minimum absolute atomic E-state index is 0.352. The van der Waals surface area contributed by atoms with Crippen molar-refractivity contribution in [2.45, 2.75) is 46.8 Å². The monoisotopic (exact) mass is 357 g/mol. The van der Waals surface area contributed by atoms with E-state index in [1.165, 1.54) is 12.3 Å². The molecule has 0 radical (unpaired) electrons. The number of aryl methyl sites for hydroxylation is 2. The summed E-state index contributed by atoms with van der Waals surface area (Å²) in [6, 6.07) is 7.09. The molecular weight excluding hydrogens is 334 g/mol. The number of aromatic carboxylic acids is 1. The van der Waals surface area contributed by atoms with Crippen LogP contribution in [0.15, 0.2) is 35.3 Å². The highest BCUT2D eigenvalue weighted by molar-refractivity contribution is 5.89. The van der Waals surface area contributed by atoms with Gasteiger partial charge in [0.15, 0.2) is 0 Å². The third kappa shape index (κ3) is 4.59. The topological polar surface area (TPSA) is 85.6 Å². The summed E-state index contributed by atoms with van der Waals surface area (Å²) in [6.45, 7) is 8.69. The summed E-state index contributed by atoms with van der Waals surface area (Å²) in [4.78, 5) is 36.0. The Kier molecular flexibility index (Phi) is 5.35. The highest BCUT2D eigenvalue weighted by Gasteiger charge is 2.20. The number of carbonyl (C=O) groups excluding carboxylic acids is 1. The van der Waals surface area contributed by atoms with Gasteiger partial charge in [-0.2, -0.15) is 0 Å². The van der Waals surface area contributed by atoms with Crippen LogP contribution in [0.2, 0.25) is 0 Å². The molecule has 0 aliphatic heterocycles. The predicted molar refractivity (Wildman–Crippen MR) is 98.4 cm³/mol. The number of esters is 1. The number of hydrogen-bond acceptors (Lipinski definition) is 4. The first kappa shape index (κ1) is 19.4. The number of ether oxygens (including phenoxy) is 1. The van der Waals surface area contributed by atoms with E-state index in [-0.39, 0.29) is 12.1 Å². The summed E-state index contributed by atoms with van der Waals surface area (Å²) >= 11 is 0. The molecule has 0 saturated carbocycles. The van der Waals surface area contributed by atoms with E-state index in [0.717, 1.165) is 21.3 Å². The maximum absolute atomic E-state index is 12.4. The van der Waals surface area contributed by atoms with Gasteiger partial charge in [0.2, 0.25) is 0 Å². The molecule has 2 rings (SSSR count). The van der Waals surface area contributed by atoms with Gasteiger partial charge in [-0.1, -0.05) is 23.8 Å². The van der Waals surface area contributed by atoms with Crippen LogP contribution >= 0.6 is 0 Å². The van der Waals surface area contributed by atoms with E-state index < -0.39 is 23.1 Å². The van der Waals surface area contributed by atoms with Gasteiger partial charge in [-0.3, -0.25) is 9.59 Å². The van der Waals surface area contributed by atoms with Crippen molar-refractivity contribution in [1.29, 1.82) is 0 Å². The van der Waals surface area contributed by atoms with Gasteiger partial charge in [-0.25, -0.2) is 4.79 Å². The molecule has 1 aromatic heterocycles. The third-order valence-corrected chi connectivity index (χ3v) is 3.73. The minimum atomic E-state index is -1.33. The molecule has 138 valence electrons. The molecule has 0 aliphatic carbocycles. The molecular formula is C20H23NO5. The highest BCUT2D eigenvalue weighted by atomic mass is 16.6. The second kappa shape index (κ2) is 7.15. The molecule has 1 heterocycles. The molecule has 1 aromatic carbocycles. The van der Waals surface area contributed by atoms with Crippen LogP contribution in [0.5, 0.6) is 0 Å². The minimum Gasteiger partial charge on any atom is -0.477 e. The molecule has 0 aliphatic rings. The first-order chi connectivity index (χ1) is 12.0. The number of carbonyl (C=O) groups is 2. The number of aromatic nitrogens is 1. The van der Waals surface area contributed by atoms with Crippen LogP contribution in [0, 0.1) is 13.8 Å². The summed E-state index contributed by atoms with van der Waals surface area (Å²) in [6.07, 6.45) is 1.50. The lowest BCUT2D eigenvalue weighted by molar-refractivity contribution is -0.155. The Balaban J connectivity index is 2.55. The molecule has 2 aromatic rings. The summed E-state index contributed by atoms with van der Waals surface area (Å²) in [5, 5.41) is 9.37. The normalized spacial score (nSPS) is 11.3. The first-order valence-corrected chi connectivity index (χ1v) is 8.25. The lowest BCUT2D eigenvalue weighted by Gasteiger charge is -2.20. The zero-order chi connectivity index (χ0) is 19.6. The number of pyridine rings is 1. The van der Waals surface area contributed by atoms with Crippen molar-refractivity contribution < 1.29 is 19.4 Å². The largest absolute Gasteiger partial charge is 0.477 e. The average molecular weight is 357 g/mol. The van der Waals surface area contributed by atoms with Crippen molar-refractivity contribution in [1.82, 2.24) is 4.57 Å². The zero-order valence-electron chi connectivity index (χ0n) is 15.6. The van der Waals surface area contributed by atoms with Crippen LogP contribution in [0.25, 0.3) is 11.1 Å². The number of carboxylic acids is 1. The van der Waals surface area contributed by atoms with Gasteiger partial charge < -0.3 is 14.4 Å². The second-order valence-electron chi connectivity index (χ2n) is 7.29. The molecule has 0 saturated heterocycles. The van der Waals surface area contributed by atoms with E-state index >= 15 is 0 Å². The molecule has 0 unspecified atom stereocenters. The Morgan fingerprint density at radius 1 is 1.15 bits per heavy atom. The lowest BCUT2D eigenvalue weighted by Crippen LogP contribution is -2.32. The predicted octanol–water partition coefficient (Wildman–Crippen LogP) is 3.17. The number of carboxylic acid groups (broad SMARTS) is 1. The fraction of sp³-hybridized carbons (Fsp3) is 0.350. The van der Waals surface area contributed by atoms with Crippen molar-refractivity contribution in [3.63, 3.8) is 0 Å². The molecule has 0 amide bonds. The molecule has 1 N–H and O–H groups in total. The fourth-order valence-corrected chi connectivity index (χ4v) is 2.70. The van der Waals surface area contributed by atoms with Crippen LogP contribution in [0.3, 0.4) is 0 Å². The fourth-order valence-electron chi connectivity index (χ4n) is 2.70. The van der Waals surface area contributed by atoms with Gasteiger partial charge in [-0.05, 0) is 57.4 Å². The second-order valence-corrected chi connectivity index (χ2v) is 7.29. The molecule has 6 nitrogen and oxygen atoms in total. The van der Waals surface area contributed by atoms with Gasteiger partial charge in [-0.15, -0.1) is 0 Å². The highest BCUT2D eigenvalue weighted by Crippen LogP contribution is 2.24. The molecule has 26 heavy (non-hydrogen) atoms. The summed E-state index contributed by atoms with van der Waals surface area (Å²) in [7, 11) is 0. The number of benzene rings is 1. The summed E-state index contributed by atoms with van der Waals surface area (Å²) < 4.78 is 6.33. The van der Waals surface area contributed by atoms with Crippen molar-refractivity contribution >= 4 is 11.9 Å². The van der Waals surface area contributed by atoms with Crippen LogP contribution in [0.4, 0.5) is 0 Å². The van der Waals surface area contributed by atoms with Crippen LogP contribution < -0.4 is 5.56 Å². The number of rotatable bonds is 4. The van der Waals surface area contributed by atoms with Gasteiger partial charge in [0.25, 0.3) is 5.56 Å². The van der Waals surface area contributed by atoms with E-state index in [1.54, 1.807) is 20.8 Å². The molecule has 0 spiro atoms. The molecule has 0 bridgehead atoms. The van der Waals surface area contributed by atoms with Crippen LogP contribution in [-0.2, 0) is 16.1 Å². The number of nitrogens with zero attached hydrogens (tertiary/aromatic N) is 1. The van der Waals surface area contributed by atoms with Gasteiger partial charge in [0, 0.05) is 6.20 Å².